The van der Waals surface area contributed by atoms with Gasteiger partial charge in [0.25, 0.3) is 0 Å². The quantitative estimate of drug-likeness (QED) is 0.806. The van der Waals surface area contributed by atoms with E-state index in [9.17, 15) is 5.11 Å². The number of rotatable bonds is 3. The molecule has 78 valence electrons. The first-order valence-corrected chi connectivity index (χ1v) is 4.35. The first kappa shape index (κ1) is 10.9. The number of phenolic OH excluding ortho intramolecular Hbond substituents is 1. The Balaban J connectivity index is 3.42. The lowest BCUT2D eigenvalue weighted by atomic mass is 10.1. The summed E-state index contributed by atoms with van der Waals surface area (Å²) in [5.41, 5.74) is 6.02. The molecular formula is C9H12ClNO3. The van der Waals surface area contributed by atoms with Gasteiger partial charge in [0.1, 0.15) is 5.75 Å². The summed E-state index contributed by atoms with van der Waals surface area (Å²) < 4.78 is 10.1. The van der Waals surface area contributed by atoms with Gasteiger partial charge < -0.3 is 20.3 Å². The third-order valence-corrected chi connectivity index (χ3v) is 2.31. The van der Waals surface area contributed by atoms with Crippen LogP contribution in [-0.2, 0) is 6.54 Å². The number of hydrogen-bond donors (Lipinski definition) is 2. The van der Waals surface area contributed by atoms with E-state index in [1.807, 2.05) is 0 Å². The summed E-state index contributed by atoms with van der Waals surface area (Å²) in [7, 11) is 2.97. The van der Waals surface area contributed by atoms with Crippen LogP contribution in [0.3, 0.4) is 0 Å². The van der Waals surface area contributed by atoms with E-state index >= 15 is 0 Å². The Labute approximate surface area is 87.2 Å². The lowest BCUT2D eigenvalue weighted by molar-refractivity contribution is 0.348. The predicted molar refractivity (Wildman–Crippen MR) is 54.1 cm³/mol. The fourth-order valence-electron chi connectivity index (χ4n) is 1.21. The lowest BCUT2D eigenvalue weighted by Crippen LogP contribution is -2.02. The Bertz CT molecular complexity index is 341. The molecule has 14 heavy (non-hydrogen) atoms. The van der Waals surface area contributed by atoms with Gasteiger partial charge in [-0.05, 0) is 0 Å². The van der Waals surface area contributed by atoms with Gasteiger partial charge in [-0.2, -0.15) is 0 Å². The molecule has 0 aliphatic heterocycles. The van der Waals surface area contributed by atoms with Crippen LogP contribution in [0.25, 0.3) is 0 Å². The van der Waals surface area contributed by atoms with E-state index in [0.717, 1.165) is 0 Å². The summed E-state index contributed by atoms with van der Waals surface area (Å²) in [6.07, 6.45) is 0. The summed E-state index contributed by atoms with van der Waals surface area (Å²) >= 11 is 5.84. The predicted octanol–water partition coefficient (Wildman–Crippen LogP) is 1.52. The fraction of sp³-hybridized carbons (Fsp3) is 0.333. The third-order valence-electron chi connectivity index (χ3n) is 1.88. The Morgan fingerprint density at radius 2 is 2.07 bits per heavy atom. The monoisotopic (exact) mass is 217 g/mol. The first-order chi connectivity index (χ1) is 6.65. The summed E-state index contributed by atoms with van der Waals surface area (Å²) in [5, 5.41) is 9.64. The number of phenols is 1. The van der Waals surface area contributed by atoms with E-state index in [1.165, 1.54) is 20.3 Å². The Kier molecular flexibility index (Phi) is 3.43. The molecule has 1 aromatic carbocycles. The van der Waals surface area contributed by atoms with Crippen LogP contribution in [-0.4, -0.2) is 19.3 Å². The first-order valence-electron chi connectivity index (χ1n) is 3.98. The zero-order valence-corrected chi connectivity index (χ0v) is 8.76. The molecule has 1 aromatic rings. The Hall–Kier alpha value is -1.13. The Morgan fingerprint density at radius 3 is 2.50 bits per heavy atom. The molecule has 4 nitrogen and oxygen atoms in total. The second kappa shape index (κ2) is 4.39. The molecule has 0 saturated heterocycles. The van der Waals surface area contributed by atoms with Crippen LogP contribution in [0.15, 0.2) is 6.07 Å². The molecule has 0 aromatic heterocycles. The summed E-state index contributed by atoms with van der Waals surface area (Å²) in [5.74, 6) is 0.803. The third kappa shape index (κ3) is 1.71. The minimum absolute atomic E-state index is 0.0650. The Morgan fingerprint density at radius 1 is 1.43 bits per heavy atom. The van der Waals surface area contributed by atoms with Gasteiger partial charge in [-0.15, -0.1) is 0 Å². The normalized spacial score (nSPS) is 10.0. The molecule has 0 amide bonds. The number of nitrogens with two attached hydrogens (primary N) is 1. The molecule has 5 heteroatoms. The molecule has 1 rings (SSSR count). The van der Waals surface area contributed by atoms with E-state index in [0.29, 0.717) is 17.1 Å². The molecule has 0 aliphatic rings. The summed E-state index contributed by atoms with van der Waals surface area (Å²) in [6, 6.07) is 1.39. The van der Waals surface area contributed by atoms with Gasteiger partial charge >= 0.3 is 0 Å². The molecule has 0 aliphatic carbocycles. The van der Waals surface area contributed by atoms with Gasteiger partial charge in [-0.1, -0.05) is 11.6 Å². The molecule has 0 fully saturated rings. The minimum atomic E-state index is -0.0650. The van der Waals surface area contributed by atoms with Gasteiger partial charge in [0.15, 0.2) is 11.5 Å². The second-order valence-corrected chi connectivity index (χ2v) is 3.01. The van der Waals surface area contributed by atoms with E-state index in [1.54, 1.807) is 0 Å². The van der Waals surface area contributed by atoms with Crippen molar-refractivity contribution in [1.29, 1.82) is 0 Å². The molecule has 0 bridgehead atoms. The molecule has 0 saturated carbocycles. The van der Waals surface area contributed by atoms with Crippen LogP contribution in [0, 0.1) is 0 Å². The van der Waals surface area contributed by atoms with Crippen molar-refractivity contribution in [1.82, 2.24) is 0 Å². The average molecular weight is 218 g/mol. The maximum absolute atomic E-state index is 9.44. The molecule has 0 atom stereocenters. The van der Waals surface area contributed by atoms with Crippen LogP contribution in [0.5, 0.6) is 17.2 Å². The van der Waals surface area contributed by atoms with Crippen molar-refractivity contribution >= 4 is 11.6 Å². The second-order valence-electron chi connectivity index (χ2n) is 2.63. The summed E-state index contributed by atoms with van der Waals surface area (Å²) in [4.78, 5) is 0. The number of ether oxygens (including phenoxy) is 2. The minimum Gasteiger partial charge on any atom is -0.506 e. The van der Waals surface area contributed by atoms with E-state index < -0.39 is 0 Å². The average Bonchev–Trinajstić information content (AvgIpc) is 2.20. The number of methoxy groups -OCH3 is 2. The number of aromatic hydroxyl groups is 1. The molecule has 0 heterocycles. The maximum atomic E-state index is 9.44. The largest absolute Gasteiger partial charge is 0.506 e. The van der Waals surface area contributed by atoms with Crippen LogP contribution < -0.4 is 15.2 Å². The molecule has 0 unspecified atom stereocenters. The van der Waals surface area contributed by atoms with Crippen LogP contribution in [0.4, 0.5) is 0 Å². The van der Waals surface area contributed by atoms with Crippen molar-refractivity contribution in [3.8, 4) is 17.2 Å². The zero-order valence-electron chi connectivity index (χ0n) is 8.00. The summed E-state index contributed by atoms with van der Waals surface area (Å²) in [6.45, 7) is 0.173. The van der Waals surface area contributed by atoms with Crippen molar-refractivity contribution in [2.75, 3.05) is 14.2 Å². The highest BCUT2D eigenvalue weighted by molar-refractivity contribution is 6.33. The SMILES string of the molecule is COc1cc(O)c(Cl)c(CN)c1OC. The van der Waals surface area contributed by atoms with Gasteiger partial charge in [-0.25, -0.2) is 0 Å². The highest BCUT2D eigenvalue weighted by Gasteiger charge is 2.16. The van der Waals surface area contributed by atoms with Crippen molar-refractivity contribution in [3.05, 3.63) is 16.7 Å². The number of hydrogen-bond acceptors (Lipinski definition) is 4. The van der Waals surface area contributed by atoms with Gasteiger partial charge in [-0.3, -0.25) is 0 Å². The highest BCUT2D eigenvalue weighted by Crippen LogP contribution is 2.41. The molecule has 0 radical (unpaired) electrons. The smallest absolute Gasteiger partial charge is 0.166 e. The maximum Gasteiger partial charge on any atom is 0.166 e. The van der Waals surface area contributed by atoms with Crippen molar-refractivity contribution in [3.63, 3.8) is 0 Å². The molecule has 0 spiro atoms. The molecular weight excluding hydrogens is 206 g/mol. The number of benzene rings is 1. The van der Waals surface area contributed by atoms with Gasteiger partial charge in [0, 0.05) is 18.2 Å². The van der Waals surface area contributed by atoms with Crippen molar-refractivity contribution in [2.24, 2.45) is 5.73 Å². The van der Waals surface area contributed by atoms with Crippen LogP contribution >= 0.6 is 11.6 Å². The molecule has 3 N–H and O–H groups in total. The fourth-order valence-corrected chi connectivity index (χ4v) is 1.43. The standard InChI is InChI=1S/C9H12ClNO3/c1-13-7-3-6(12)8(10)5(4-11)9(7)14-2/h3,12H,4,11H2,1-2H3. The topological polar surface area (TPSA) is 64.7 Å². The van der Waals surface area contributed by atoms with Crippen molar-refractivity contribution in [2.45, 2.75) is 6.54 Å². The van der Waals surface area contributed by atoms with E-state index in [4.69, 9.17) is 26.8 Å². The van der Waals surface area contributed by atoms with Crippen molar-refractivity contribution < 1.29 is 14.6 Å². The number of halogens is 1. The van der Waals surface area contributed by atoms with Gasteiger partial charge in [0.05, 0.1) is 19.2 Å². The zero-order chi connectivity index (χ0) is 10.7. The van der Waals surface area contributed by atoms with Crippen LogP contribution in [0.2, 0.25) is 5.02 Å². The van der Waals surface area contributed by atoms with Gasteiger partial charge in [0.2, 0.25) is 0 Å². The van der Waals surface area contributed by atoms with E-state index in [2.05, 4.69) is 0 Å². The van der Waals surface area contributed by atoms with Crippen LogP contribution in [0.1, 0.15) is 5.56 Å². The van der Waals surface area contributed by atoms with E-state index in [-0.39, 0.29) is 17.3 Å². The highest BCUT2D eigenvalue weighted by atomic mass is 35.5. The lowest BCUT2D eigenvalue weighted by Gasteiger charge is -2.13.